The standard InChI is InChI=1S/C16H23BrN2O2/c1-11(2)16(7-8-18-10-16)15(20)19-14-6-4-5-13(17)12(14)9-21-3/h4-6,11,18H,7-10H2,1-3H3,(H,19,20). The molecule has 4 nitrogen and oxygen atoms in total. The summed E-state index contributed by atoms with van der Waals surface area (Å²) < 4.78 is 6.18. The molecule has 5 heteroatoms. The number of anilines is 1. The van der Waals surface area contributed by atoms with Crippen LogP contribution in [0.4, 0.5) is 5.69 Å². The fourth-order valence-corrected chi connectivity index (χ4v) is 3.35. The number of hydrogen-bond donors (Lipinski definition) is 2. The first-order chi connectivity index (χ1) is 10.0. The largest absolute Gasteiger partial charge is 0.380 e. The highest BCUT2D eigenvalue weighted by Crippen LogP contribution is 2.36. The normalized spacial score (nSPS) is 21.8. The van der Waals surface area contributed by atoms with Crippen LogP contribution in [0.15, 0.2) is 22.7 Å². The highest BCUT2D eigenvalue weighted by Gasteiger charge is 2.44. The molecule has 21 heavy (non-hydrogen) atoms. The average Bonchev–Trinajstić information content (AvgIpc) is 2.93. The molecule has 0 radical (unpaired) electrons. The van der Waals surface area contributed by atoms with Gasteiger partial charge in [-0.15, -0.1) is 0 Å². The molecule has 1 aliphatic heterocycles. The summed E-state index contributed by atoms with van der Waals surface area (Å²) in [6.07, 6.45) is 0.879. The van der Waals surface area contributed by atoms with E-state index < -0.39 is 0 Å². The monoisotopic (exact) mass is 354 g/mol. The average molecular weight is 355 g/mol. The summed E-state index contributed by atoms with van der Waals surface area (Å²) in [6, 6.07) is 5.81. The van der Waals surface area contributed by atoms with E-state index in [9.17, 15) is 4.79 Å². The Labute approximate surface area is 134 Å². The van der Waals surface area contributed by atoms with E-state index in [0.29, 0.717) is 12.5 Å². The fourth-order valence-electron chi connectivity index (χ4n) is 2.87. The molecule has 1 heterocycles. The first-order valence-corrected chi connectivity index (χ1v) is 8.09. The van der Waals surface area contributed by atoms with Crippen LogP contribution in [0.25, 0.3) is 0 Å². The van der Waals surface area contributed by atoms with Crippen LogP contribution in [0.5, 0.6) is 0 Å². The number of rotatable bonds is 5. The van der Waals surface area contributed by atoms with Gasteiger partial charge < -0.3 is 15.4 Å². The molecule has 1 amide bonds. The van der Waals surface area contributed by atoms with Gasteiger partial charge in [-0.1, -0.05) is 35.8 Å². The molecule has 1 aromatic rings. The van der Waals surface area contributed by atoms with Crippen LogP contribution in [0.2, 0.25) is 0 Å². The number of hydrogen-bond acceptors (Lipinski definition) is 3. The first-order valence-electron chi connectivity index (χ1n) is 7.30. The predicted molar refractivity (Wildman–Crippen MR) is 88.2 cm³/mol. The van der Waals surface area contributed by atoms with Gasteiger partial charge in [0.2, 0.25) is 5.91 Å². The molecule has 116 valence electrons. The van der Waals surface area contributed by atoms with Crippen molar-refractivity contribution in [3.63, 3.8) is 0 Å². The van der Waals surface area contributed by atoms with E-state index >= 15 is 0 Å². The highest BCUT2D eigenvalue weighted by atomic mass is 79.9. The number of methoxy groups -OCH3 is 1. The van der Waals surface area contributed by atoms with Gasteiger partial charge in [0.05, 0.1) is 12.0 Å². The molecular weight excluding hydrogens is 332 g/mol. The summed E-state index contributed by atoms with van der Waals surface area (Å²) in [5.41, 5.74) is 1.47. The van der Waals surface area contributed by atoms with Gasteiger partial charge in [0, 0.05) is 29.4 Å². The second-order valence-corrected chi connectivity index (χ2v) is 6.75. The van der Waals surface area contributed by atoms with Crippen molar-refractivity contribution in [2.24, 2.45) is 11.3 Å². The van der Waals surface area contributed by atoms with Crippen molar-refractivity contribution in [2.75, 3.05) is 25.5 Å². The quantitative estimate of drug-likeness (QED) is 0.853. The lowest BCUT2D eigenvalue weighted by Gasteiger charge is -2.31. The fraction of sp³-hybridized carbons (Fsp3) is 0.562. The molecule has 1 aromatic carbocycles. The van der Waals surface area contributed by atoms with Crippen molar-refractivity contribution >= 4 is 27.5 Å². The Morgan fingerprint density at radius 1 is 1.52 bits per heavy atom. The van der Waals surface area contributed by atoms with E-state index in [-0.39, 0.29) is 11.3 Å². The Morgan fingerprint density at radius 2 is 2.29 bits per heavy atom. The van der Waals surface area contributed by atoms with Crippen LogP contribution in [0.3, 0.4) is 0 Å². The van der Waals surface area contributed by atoms with Crippen LogP contribution in [0, 0.1) is 11.3 Å². The topological polar surface area (TPSA) is 50.4 Å². The molecule has 1 saturated heterocycles. The smallest absolute Gasteiger partial charge is 0.232 e. The third kappa shape index (κ3) is 3.30. The molecule has 0 saturated carbocycles. The maximum absolute atomic E-state index is 12.8. The second-order valence-electron chi connectivity index (χ2n) is 5.89. The van der Waals surface area contributed by atoms with Crippen molar-refractivity contribution in [1.82, 2.24) is 5.32 Å². The van der Waals surface area contributed by atoms with Gasteiger partial charge in [0.1, 0.15) is 0 Å². The molecule has 2 N–H and O–H groups in total. The molecule has 0 spiro atoms. The predicted octanol–water partition coefficient (Wildman–Crippen LogP) is 3.17. The van der Waals surface area contributed by atoms with E-state index in [1.54, 1.807) is 7.11 Å². The number of benzene rings is 1. The van der Waals surface area contributed by atoms with Crippen LogP contribution in [-0.2, 0) is 16.1 Å². The molecule has 1 unspecified atom stereocenters. The van der Waals surface area contributed by atoms with Crippen molar-refractivity contribution < 1.29 is 9.53 Å². The zero-order valence-electron chi connectivity index (χ0n) is 12.8. The summed E-state index contributed by atoms with van der Waals surface area (Å²) in [4.78, 5) is 12.8. The van der Waals surface area contributed by atoms with Gasteiger partial charge in [-0.05, 0) is 31.0 Å². The molecule has 0 aromatic heterocycles. The molecule has 1 fully saturated rings. The van der Waals surface area contributed by atoms with Crippen LogP contribution < -0.4 is 10.6 Å². The lowest BCUT2D eigenvalue weighted by Crippen LogP contribution is -2.42. The zero-order chi connectivity index (χ0) is 15.5. The zero-order valence-corrected chi connectivity index (χ0v) is 14.4. The van der Waals surface area contributed by atoms with Gasteiger partial charge in [0.15, 0.2) is 0 Å². The van der Waals surface area contributed by atoms with Crippen LogP contribution in [0.1, 0.15) is 25.8 Å². The van der Waals surface area contributed by atoms with Gasteiger partial charge in [-0.3, -0.25) is 4.79 Å². The number of halogens is 1. The number of ether oxygens (including phenoxy) is 1. The Balaban J connectivity index is 2.25. The Hall–Kier alpha value is -0.910. The molecule has 0 aliphatic carbocycles. The van der Waals surface area contributed by atoms with E-state index in [0.717, 1.165) is 35.2 Å². The lowest BCUT2D eigenvalue weighted by molar-refractivity contribution is -0.126. The number of carbonyl (C=O) groups excluding carboxylic acids is 1. The van der Waals surface area contributed by atoms with Crippen molar-refractivity contribution in [2.45, 2.75) is 26.9 Å². The van der Waals surface area contributed by atoms with E-state index in [4.69, 9.17) is 4.74 Å². The summed E-state index contributed by atoms with van der Waals surface area (Å²) >= 11 is 3.52. The highest BCUT2D eigenvalue weighted by molar-refractivity contribution is 9.10. The van der Waals surface area contributed by atoms with Crippen molar-refractivity contribution in [1.29, 1.82) is 0 Å². The molecule has 0 bridgehead atoms. The molecule has 2 rings (SSSR count). The van der Waals surface area contributed by atoms with E-state index in [2.05, 4.69) is 40.4 Å². The Morgan fingerprint density at radius 3 is 2.86 bits per heavy atom. The molecule has 1 atom stereocenters. The minimum absolute atomic E-state index is 0.0953. The maximum Gasteiger partial charge on any atom is 0.232 e. The van der Waals surface area contributed by atoms with Crippen LogP contribution in [-0.4, -0.2) is 26.1 Å². The summed E-state index contributed by atoms with van der Waals surface area (Å²) in [6.45, 7) is 6.33. The third-order valence-corrected chi connectivity index (χ3v) is 5.14. The van der Waals surface area contributed by atoms with Crippen molar-refractivity contribution in [3.05, 3.63) is 28.2 Å². The van der Waals surface area contributed by atoms with Gasteiger partial charge in [-0.2, -0.15) is 0 Å². The molecule has 1 aliphatic rings. The maximum atomic E-state index is 12.8. The van der Waals surface area contributed by atoms with Gasteiger partial charge in [0.25, 0.3) is 0 Å². The second kappa shape index (κ2) is 6.90. The third-order valence-electron chi connectivity index (χ3n) is 4.40. The summed E-state index contributed by atoms with van der Waals surface area (Å²) in [7, 11) is 1.65. The first kappa shape index (κ1) is 16.5. The van der Waals surface area contributed by atoms with Crippen molar-refractivity contribution in [3.8, 4) is 0 Å². The minimum atomic E-state index is -0.327. The van der Waals surface area contributed by atoms with E-state index in [1.807, 2.05) is 18.2 Å². The summed E-state index contributed by atoms with van der Waals surface area (Å²) in [5, 5.41) is 6.43. The van der Waals surface area contributed by atoms with Gasteiger partial charge in [-0.25, -0.2) is 0 Å². The minimum Gasteiger partial charge on any atom is -0.380 e. The van der Waals surface area contributed by atoms with Gasteiger partial charge >= 0.3 is 0 Å². The Kier molecular flexibility index (Phi) is 5.41. The number of amides is 1. The van der Waals surface area contributed by atoms with Crippen LogP contribution >= 0.6 is 15.9 Å². The Bertz CT molecular complexity index is 511. The molecular formula is C16H23BrN2O2. The number of nitrogens with one attached hydrogen (secondary N) is 2. The lowest BCUT2D eigenvalue weighted by atomic mass is 9.75. The SMILES string of the molecule is COCc1c(Br)cccc1NC(=O)C1(C(C)C)CCNC1. The summed E-state index contributed by atoms with van der Waals surface area (Å²) in [5.74, 6) is 0.392. The number of carbonyl (C=O) groups is 1. The van der Waals surface area contributed by atoms with E-state index in [1.165, 1.54) is 0 Å².